The molecular formula is C28H31N3O4. The predicted octanol–water partition coefficient (Wildman–Crippen LogP) is 4.52. The second kappa shape index (κ2) is 12.8. The van der Waals surface area contributed by atoms with Gasteiger partial charge < -0.3 is 20.3 Å². The maximum Gasteiger partial charge on any atom is 0.260 e. The molecule has 7 heteroatoms. The first-order valence-corrected chi connectivity index (χ1v) is 11.2. The van der Waals surface area contributed by atoms with Gasteiger partial charge in [0.25, 0.3) is 11.8 Å². The van der Waals surface area contributed by atoms with Crippen LogP contribution in [0, 0.1) is 13.8 Å². The molecule has 0 aromatic heterocycles. The largest absolute Gasteiger partial charge is 0.342 e. The van der Waals surface area contributed by atoms with E-state index in [9.17, 15) is 19.2 Å². The summed E-state index contributed by atoms with van der Waals surface area (Å²) in [5, 5.41) is 5.31. The molecule has 0 aliphatic rings. The molecule has 2 rings (SSSR count). The zero-order valence-corrected chi connectivity index (χ0v) is 20.5. The number of anilines is 2. The molecule has 0 aliphatic heterocycles. The van der Waals surface area contributed by atoms with Gasteiger partial charge in [0.15, 0.2) is 0 Å². The molecular weight excluding hydrogens is 442 g/mol. The SMILES string of the molecule is C=C/C(=C\C=C/C)CC(C=O)NC(=O)c1ccc(N(C)C(=O)c2c(C)cc(C)cc2NC=O)cc1. The van der Waals surface area contributed by atoms with Crippen molar-refractivity contribution in [2.24, 2.45) is 0 Å². The Morgan fingerprint density at radius 2 is 1.80 bits per heavy atom. The van der Waals surface area contributed by atoms with Crippen molar-refractivity contribution in [3.63, 3.8) is 0 Å². The molecule has 0 aliphatic carbocycles. The Balaban J connectivity index is 2.18. The standard InChI is InChI=1S/C28H31N3O4/c1-6-8-9-21(7-2)16-23(17-32)30-27(34)22-10-12-24(13-11-22)31(5)28(35)26-20(4)14-19(3)15-25(26)29-18-33/h6-15,17-18,23H,2,16H2,1,3-5H3,(H,29,33)(H,30,34)/b8-6-,21-9+. The lowest BCUT2D eigenvalue weighted by atomic mass is 10.0. The van der Waals surface area contributed by atoms with Crippen LogP contribution >= 0.6 is 0 Å². The number of nitrogens with zero attached hydrogens (tertiary/aromatic N) is 1. The number of hydrogen-bond donors (Lipinski definition) is 2. The topological polar surface area (TPSA) is 95.6 Å². The number of hydrogen-bond acceptors (Lipinski definition) is 4. The predicted molar refractivity (Wildman–Crippen MR) is 140 cm³/mol. The lowest BCUT2D eigenvalue weighted by Crippen LogP contribution is -2.36. The van der Waals surface area contributed by atoms with Gasteiger partial charge in [0.2, 0.25) is 6.41 Å². The van der Waals surface area contributed by atoms with Crippen LogP contribution in [-0.2, 0) is 9.59 Å². The first-order valence-electron chi connectivity index (χ1n) is 11.2. The molecule has 0 bridgehead atoms. The fraction of sp³-hybridized carbons (Fsp3) is 0.214. The summed E-state index contributed by atoms with van der Waals surface area (Å²) < 4.78 is 0. The number of rotatable bonds is 11. The van der Waals surface area contributed by atoms with E-state index in [2.05, 4.69) is 17.2 Å². The number of carbonyl (C=O) groups is 4. The van der Waals surface area contributed by atoms with Gasteiger partial charge in [-0.1, -0.05) is 36.9 Å². The van der Waals surface area contributed by atoms with Crippen LogP contribution in [0.4, 0.5) is 11.4 Å². The maximum absolute atomic E-state index is 13.2. The highest BCUT2D eigenvalue weighted by Crippen LogP contribution is 2.25. The smallest absolute Gasteiger partial charge is 0.260 e. The third-order valence-electron chi connectivity index (χ3n) is 5.43. The van der Waals surface area contributed by atoms with E-state index in [4.69, 9.17) is 0 Å². The van der Waals surface area contributed by atoms with E-state index in [-0.39, 0.29) is 5.91 Å². The van der Waals surface area contributed by atoms with E-state index >= 15 is 0 Å². The molecule has 3 amide bonds. The maximum atomic E-state index is 13.2. The van der Waals surface area contributed by atoms with Gasteiger partial charge in [-0.15, -0.1) is 0 Å². The van der Waals surface area contributed by atoms with E-state index in [1.54, 1.807) is 43.5 Å². The minimum absolute atomic E-state index is 0.296. The average Bonchev–Trinajstić information content (AvgIpc) is 2.85. The minimum Gasteiger partial charge on any atom is -0.342 e. The van der Waals surface area contributed by atoms with Gasteiger partial charge in [0.1, 0.15) is 6.29 Å². The number of aryl methyl sites for hydroxylation is 2. The molecule has 35 heavy (non-hydrogen) atoms. The second-order valence-electron chi connectivity index (χ2n) is 8.07. The summed E-state index contributed by atoms with van der Waals surface area (Å²) in [6.07, 6.45) is 8.75. The van der Waals surface area contributed by atoms with Gasteiger partial charge in [-0.3, -0.25) is 14.4 Å². The Morgan fingerprint density at radius 3 is 2.37 bits per heavy atom. The first-order chi connectivity index (χ1) is 16.7. The monoisotopic (exact) mass is 473 g/mol. The fourth-order valence-electron chi connectivity index (χ4n) is 3.63. The molecule has 0 heterocycles. The van der Waals surface area contributed by atoms with E-state index in [0.29, 0.717) is 41.6 Å². The van der Waals surface area contributed by atoms with Crippen molar-refractivity contribution in [3.05, 3.63) is 95.1 Å². The van der Waals surface area contributed by atoms with Crippen molar-refractivity contribution < 1.29 is 19.2 Å². The number of carbonyl (C=O) groups excluding carboxylic acids is 4. The second-order valence-corrected chi connectivity index (χ2v) is 8.07. The van der Waals surface area contributed by atoms with Crippen molar-refractivity contribution in [1.29, 1.82) is 0 Å². The third kappa shape index (κ3) is 7.11. The van der Waals surface area contributed by atoms with E-state index in [1.807, 2.05) is 45.1 Å². The summed E-state index contributed by atoms with van der Waals surface area (Å²) in [5.74, 6) is -0.695. The lowest BCUT2D eigenvalue weighted by molar-refractivity contribution is -0.109. The van der Waals surface area contributed by atoms with Gasteiger partial charge in [0, 0.05) is 18.3 Å². The van der Waals surface area contributed by atoms with Gasteiger partial charge in [0.05, 0.1) is 17.3 Å². The van der Waals surface area contributed by atoms with Crippen LogP contribution in [0.2, 0.25) is 0 Å². The van der Waals surface area contributed by atoms with Crippen molar-refractivity contribution in [1.82, 2.24) is 5.32 Å². The molecule has 0 spiro atoms. The zero-order chi connectivity index (χ0) is 26.0. The van der Waals surface area contributed by atoms with Gasteiger partial charge in [-0.2, -0.15) is 0 Å². The van der Waals surface area contributed by atoms with Crippen LogP contribution in [0.5, 0.6) is 0 Å². The zero-order valence-electron chi connectivity index (χ0n) is 20.5. The molecule has 0 saturated heterocycles. The highest BCUT2D eigenvalue weighted by atomic mass is 16.2. The van der Waals surface area contributed by atoms with E-state index < -0.39 is 11.9 Å². The molecule has 0 fully saturated rings. The summed E-state index contributed by atoms with van der Waals surface area (Å²) in [7, 11) is 1.62. The molecule has 2 N–H and O–H groups in total. The van der Waals surface area contributed by atoms with E-state index in [1.165, 1.54) is 4.90 Å². The van der Waals surface area contributed by atoms with Crippen LogP contribution in [0.25, 0.3) is 0 Å². The summed E-state index contributed by atoms with van der Waals surface area (Å²) in [6, 6.07) is 9.40. The van der Waals surface area contributed by atoms with Crippen LogP contribution in [0.3, 0.4) is 0 Å². The molecule has 2 aromatic rings. The Kier molecular flexibility index (Phi) is 9.90. The Hall–Kier alpha value is -4.26. The molecule has 0 radical (unpaired) electrons. The van der Waals surface area contributed by atoms with Crippen molar-refractivity contribution in [3.8, 4) is 0 Å². The Morgan fingerprint density at radius 1 is 1.11 bits per heavy atom. The van der Waals surface area contributed by atoms with Crippen molar-refractivity contribution in [2.75, 3.05) is 17.3 Å². The summed E-state index contributed by atoms with van der Waals surface area (Å²) in [5.41, 5.74) is 4.24. The van der Waals surface area contributed by atoms with Gasteiger partial charge in [-0.25, -0.2) is 0 Å². The number of amides is 3. The number of aldehydes is 1. The summed E-state index contributed by atoms with van der Waals surface area (Å²) in [4.78, 5) is 49.9. The van der Waals surface area contributed by atoms with Gasteiger partial charge in [-0.05, 0) is 74.2 Å². The van der Waals surface area contributed by atoms with Crippen LogP contribution in [0.1, 0.15) is 45.2 Å². The quantitative estimate of drug-likeness (QED) is 0.370. The van der Waals surface area contributed by atoms with Crippen LogP contribution < -0.4 is 15.5 Å². The van der Waals surface area contributed by atoms with Gasteiger partial charge >= 0.3 is 0 Å². The lowest BCUT2D eigenvalue weighted by Gasteiger charge is -2.21. The van der Waals surface area contributed by atoms with Crippen LogP contribution in [0.15, 0.2) is 72.9 Å². The summed E-state index contributed by atoms with van der Waals surface area (Å²) in [6.45, 7) is 9.32. The highest BCUT2D eigenvalue weighted by molar-refractivity contribution is 6.11. The normalized spacial score (nSPS) is 12.1. The van der Waals surface area contributed by atoms with E-state index in [0.717, 1.165) is 16.7 Å². The Labute approximate surface area is 206 Å². The molecule has 1 unspecified atom stereocenters. The first kappa shape index (κ1) is 27.0. The fourth-order valence-corrected chi connectivity index (χ4v) is 3.63. The minimum atomic E-state index is -0.700. The van der Waals surface area contributed by atoms with Crippen molar-refractivity contribution >= 4 is 35.9 Å². The van der Waals surface area contributed by atoms with Crippen molar-refractivity contribution in [2.45, 2.75) is 33.2 Å². The number of nitrogens with one attached hydrogen (secondary N) is 2. The third-order valence-corrected chi connectivity index (χ3v) is 5.43. The summed E-state index contributed by atoms with van der Waals surface area (Å²) >= 11 is 0. The number of benzene rings is 2. The molecule has 182 valence electrons. The highest BCUT2D eigenvalue weighted by Gasteiger charge is 2.21. The molecule has 0 saturated carbocycles. The molecule has 1 atom stereocenters. The number of allylic oxidation sites excluding steroid dienone is 4. The van der Waals surface area contributed by atoms with Crippen LogP contribution in [-0.4, -0.2) is 37.6 Å². The molecule has 7 nitrogen and oxygen atoms in total. The Bertz CT molecular complexity index is 1160. The molecule has 2 aromatic carbocycles. The average molecular weight is 474 g/mol.